The number of aryl methyl sites for hydroxylation is 1. The van der Waals surface area contributed by atoms with Crippen LogP contribution in [0.5, 0.6) is 0 Å². The lowest BCUT2D eigenvalue weighted by atomic mass is 10.2. The highest BCUT2D eigenvalue weighted by Gasteiger charge is 2.23. The Balaban J connectivity index is 2.90. The number of nitrogens with zero attached hydrogens (tertiary/aromatic N) is 2. The third-order valence-corrected chi connectivity index (χ3v) is 3.81. The van der Waals surface area contributed by atoms with E-state index in [1.807, 2.05) is 0 Å². The zero-order valence-corrected chi connectivity index (χ0v) is 11.5. The molecule has 0 unspecified atom stereocenters. The van der Waals surface area contributed by atoms with Crippen molar-refractivity contribution in [3.05, 3.63) is 28.9 Å². The van der Waals surface area contributed by atoms with E-state index in [9.17, 15) is 13.2 Å². The molecule has 0 amide bonds. The van der Waals surface area contributed by atoms with Crippen LogP contribution in [0.1, 0.15) is 32.6 Å². The SMILES string of the molecule is CCCCCC[n+]1cccn(S(=O)(=O)OC)c1=O. The Bertz CT molecular complexity index is 536. The Morgan fingerprint density at radius 3 is 2.67 bits per heavy atom. The van der Waals surface area contributed by atoms with Gasteiger partial charge in [0.1, 0.15) is 6.20 Å². The maximum Gasteiger partial charge on any atom is 0.515 e. The summed E-state index contributed by atoms with van der Waals surface area (Å²) in [4.78, 5) is 11.9. The normalized spacial score (nSPS) is 11.7. The van der Waals surface area contributed by atoms with Crippen LogP contribution in [0.2, 0.25) is 0 Å². The van der Waals surface area contributed by atoms with Gasteiger partial charge in [0.05, 0.1) is 19.9 Å². The maximum atomic E-state index is 11.9. The number of hydrogen-bond acceptors (Lipinski definition) is 4. The molecule has 0 spiro atoms. The van der Waals surface area contributed by atoms with Crippen LogP contribution in [-0.2, 0) is 21.0 Å². The Morgan fingerprint density at radius 1 is 1.33 bits per heavy atom. The molecule has 1 aromatic heterocycles. The van der Waals surface area contributed by atoms with Crippen molar-refractivity contribution >= 4 is 10.3 Å². The van der Waals surface area contributed by atoms with Crippen molar-refractivity contribution in [3.8, 4) is 0 Å². The number of aromatic nitrogens is 2. The second kappa shape index (κ2) is 6.65. The summed E-state index contributed by atoms with van der Waals surface area (Å²) in [6, 6.07) is 1.51. The molecule has 0 bridgehead atoms. The molecule has 0 saturated carbocycles. The lowest BCUT2D eigenvalue weighted by molar-refractivity contribution is -0.714. The topological polar surface area (TPSA) is 69.2 Å². The molecule has 0 saturated heterocycles. The van der Waals surface area contributed by atoms with Crippen LogP contribution in [0.3, 0.4) is 0 Å². The van der Waals surface area contributed by atoms with Gasteiger partial charge in [-0.2, -0.15) is 17.8 Å². The van der Waals surface area contributed by atoms with Crippen molar-refractivity contribution in [3.63, 3.8) is 0 Å². The van der Waals surface area contributed by atoms with Crippen molar-refractivity contribution in [2.75, 3.05) is 7.11 Å². The van der Waals surface area contributed by atoms with E-state index in [1.54, 1.807) is 6.20 Å². The summed E-state index contributed by atoms with van der Waals surface area (Å²) in [6.07, 6.45) is 6.86. The van der Waals surface area contributed by atoms with Crippen LogP contribution in [-0.4, -0.2) is 19.5 Å². The molecule has 1 aromatic rings. The molecule has 0 radical (unpaired) electrons. The number of unbranched alkanes of at least 4 members (excludes halogenated alkanes) is 3. The predicted molar refractivity (Wildman–Crippen MR) is 66.4 cm³/mol. The summed E-state index contributed by atoms with van der Waals surface area (Å²) in [5, 5.41) is 0. The van der Waals surface area contributed by atoms with Crippen LogP contribution >= 0.6 is 0 Å². The molecule has 0 aromatic carbocycles. The maximum absolute atomic E-state index is 11.9. The molecule has 0 fully saturated rings. The van der Waals surface area contributed by atoms with Crippen LogP contribution in [0.15, 0.2) is 23.3 Å². The van der Waals surface area contributed by atoms with Gasteiger partial charge in [-0.1, -0.05) is 23.7 Å². The minimum Gasteiger partial charge on any atom is -0.239 e. The second-order valence-electron chi connectivity index (χ2n) is 3.95. The van der Waals surface area contributed by atoms with Crippen molar-refractivity contribution in [2.24, 2.45) is 0 Å². The molecular formula is C11H19N2O4S+. The summed E-state index contributed by atoms with van der Waals surface area (Å²) in [5.74, 6) is 0. The molecule has 0 N–H and O–H groups in total. The Morgan fingerprint density at radius 2 is 2.06 bits per heavy atom. The minimum absolute atomic E-state index is 0.513. The predicted octanol–water partition coefficient (Wildman–Crippen LogP) is 0.455. The highest BCUT2D eigenvalue weighted by Crippen LogP contribution is 1.98. The lowest BCUT2D eigenvalue weighted by Crippen LogP contribution is -2.55. The van der Waals surface area contributed by atoms with E-state index in [0.717, 1.165) is 32.8 Å². The summed E-state index contributed by atoms with van der Waals surface area (Å²) >= 11 is 0. The zero-order chi connectivity index (χ0) is 13.6. The summed E-state index contributed by atoms with van der Waals surface area (Å²) < 4.78 is 29.3. The molecule has 102 valence electrons. The van der Waals surface area contributed by atoms with Crippen LogP contribution in [0.4, 0.5) is 0 Å². The van der Waals surface area contributed by atoms with Gasteiger partial charge < -0.3 is 0 Å². The molecule has 1 heterocycles. The molecule has 18 heavy (non-hydrogen) atoms. The minimum atomic E-state index is -4.00. The van der Waals surface area contributed by atoms with E-state index in [-0.39, 0.29) is 0 Å². The fourth-order valence-corrected chi connectivity index (χ4v) is 2.28. The molecule has 1 rings (SSSR count). The highest BCUT2D eigenvalue weighted by molar-refractivity contribution is 7.85. The standard InChI is InChI=1S/C11H19N2O4S/c1-3-4-5-6-8-12-9-7-10-13(11(12)14)18(15,16)17-2/h7,9-10H,3-6,8H2,1-2H3/q+1. The van der Waals surface area contributed by atoms with Gasteiger partial charge in [0, 0.05) is 6.07 Å². The van der Waals surface area contributed by atoms with E-state index in [2.05, 4.69) is 11.1 Å². The first-order chi connectivity index (χ1) is 8.53. The fraction of sp³-hybridized carbons (Fsp3) is 0.636. The van der Waals surface area contributed by atoms with Gasteiger partial charge in [0.25, 0.3) is 0 Å². The van der Waals surface area contributed by atoms with E-state index in [0.29, 0.717) is 10.5 Å². The summed E-state index contributed by atoms with van der Waals surface area (Å²) in [6.45, 7) is 2.62. The summed E-state index contributed by atoms with van der Waals surface area (Å²) in [7, 11) is -2.98. The Kier molecular flexibility index (Phi) is 5.49. The van der Waals surface area contributed by atoms with Crippen LogP contribution < -0.4 is 10.3 Å². The third-order valence-electron chi connectivity index (χ3n) is 2.63. The first-order valence-electron chi connectivity index (χ1n) is 5.95. The van der Waals surface area contributed by atoms with Crippen molar-refractivity contribution < 1.29 is 17.2 Å². The number of hydrogen-bond donors (Lipinski definition) is 0. The average molecular weight is 275 g/mol. The first kappa shape index (κ1) is 14.8. The molecule has 0 aliphatic heterocycles. The Labute approximate surface area is 107 Å². The highest BCUT2D eigenvalue weighted by atomic mass is 32.2. The van der Waals surface area contributed by atoms with Gasteiger partial charge in [-0.05, 0) is 12.8 Å². The van der Waals surface area contributed by atoms with Crippen LogP contribution in [0, 0.1) is 0 Å². The summed E-state index contributed by atoms with van der Waals surface area (Å²) in [5.41, 5.74) is -0.601. The van der Waals surface area contributed by atoms with E-state index in [4.69, 9.17) is 0 Å². The van der Waals surface area contributed by atoms with Gasteiger partial charge >= 0.3 is 16.0 Å². The number of rotatable bonds is 7. The lowest BCUT2D eigenvalue weighted by Gasteiger charge is -2.01. The Hall–Kier alpha value is -1.21. The van der Waals surface area contributed by atoms with Gasteiger partial charge in [-0.3, -0.25) is 0 Å². The largest absolute Gasteiger partial charge is 0.515 e. The van der Waals surface area contributed by atoms with E-state index >= 15 is 0 Å². The fourth-order valence-electron chi connectivity index (χ4n) is 1.60. The zero-order valence-electron chi connectivity index (χ0n) is 10.7. The molecular weight excluding hydrogens is 256 g/mol. The van der Waals surface area contributed by atoms with Crippen molar-refractivity contribution in [1.29, 1.82) is 0 Å². The smallest absolute Gasteiger partial charge is 0.239 e. The molecule has 0 aliphatic rings. The van der Waals surface area contributed by atoms with Gasteiger partial charge in [0.15, 0.2) is 0 Å². The van der Waals surface area contributed by atoms with Crippen LogP contribution in [0.25, 0.3) is 0 Å². The monoisotopic (exact) mass is 275 g/mol. The molecule has 6 nitrogen and oxygen atoms in total. The third kappa shape index (κ3) is 3.64. The van der Waals surface area contributed by atoms with E-state index in [1.165, 1.54) is 16.8 Å². The van der Waals surface area contributed by atoms with Crippen molar-refractivity contribution in [2.45, 2.75) is 39.2 Å². The van der Waals surface area contributed by atoms with E-state index < -0.39 is 16.0 Å². The molecule has 7 heteroatoms. The molecule has 0 atom stereocenters. The first-order valence-corrected chi connectivity index (χ1v) is 7.31. The average Bonchev–Trinajstić information content (AvgIpc) is 2.36. The second-order valence-corrected chi connectivity index (χ2v) is 5.53. The van der Waals surface area contributed by atoms with Gasteiger partial charge in [0.2, 0.25) is 0 Å². The van der Waals surface area contributed by atoms with Gasteiger partial charge in [-0.15, -0.1) is 0 Å². The quantitative estimate of drug-likeness (QED) is 0.535. The van der Waals surface area contributed by atoms with Crippen molar-refractivity contribution in [1.82, 2.24) is 3.97 Å². The van der Waals surface area contributed by atoms with Gasteiger partial charge in [-0.25, -0.2) is 4.18 Å². The molecule has 0 aliphatic carbocycles.